The molecule has 0 bridgehead atoms. The van der Waals surface area contributed by atoms with E-state index < -0.39 is 11.7 Å². The molecule has 6 nitrogen and oxygen atoms in total. The van der Waals surface area contributed by atoms with Crippen LogP contribution in [0.25, 0.3) is 16.7 Å². The van der Waals surface area contributed by atoms with Gasteiger partial charge in [-0.1, -0.05) is 24.8 Å². The fourth-order valence-electron chi connectivity index (χ4n) is 3.25. The number of anilines is 2. The monoisotopic (exact) mass is 414 g/mol. The minimum atomic E-state index is -0.498. The standard InChI is InChI=1S/C24H19FN4O2/c1-3-22(30)26-18-8-5-9-19(14-18)29-21-11-10-15(2)12-20(21)27-24(29)28-23(31)16-6-4-7-17(25)13-16/h3-14H,1H2,2H3,(H,26,30)(H,27,28,31). The van der Waals surface area contributed by atoms with Crippen LogP contribution in [0.5, 0.6) is 0 Å². The Bertz CT molecular complexity index is 1330. The van der Waals surface area contributed by atoms with Crippen molar-refractivity contribution in [3.05, 3.63) is 96.3 Å². The number of nitrogens with one attached hydrogen (secondary N) is 2. The SMILES string of the molecule is C=CC(=O)Nc1cccc(-n2c(NC(=O)c3cccc(F)c3)nc3cc(C)ccc32)c1. The van der Waals surface area contributed by atoms with Crippen LogP contribution in [-0.2, 0) is 4.79 Å². The first-order valence-corrected chi connectivity index (χ1v) is 9.54. The molecule has 0 aliphatic carbocycles. The molecule has 154 valence electrons. The number of aromatic nitrogens is 2. The van der Waals surface area contributed by atoms with Crippen LogP contribution in [0.4, 0.5) is 16.0 Å². The Balaban J connectivity index is 1.80. The molecule has 3 aromatic carbocycles. The molecule has 0 unspecified atom stereocenters. The van der Waals surface area contributed by atoms with E-state index in [1.165, 1.54) is 24.3 Å². The van der Waals surface area contributed by atoms with E-state index in [1.807, 2.05) is 31.2 Å². The number of hydrogen-bond donors (Lipinski definition) is 2. The van der Waals surface area contributed by atoms with E-state index in [2.05, 4.69) is 22.2 Å². The highest BCUT2D eigenvalue weighted by molar-refractivity contribution is 6.04. The molecule has 2 amide bonds. The molecule has 4 aromatic rings. The van der Waals surface area contributed by atoms with E-state index in [-0.39, 0.29) is 17.4 Å². The van der Waals surface area contributed by atoms with E-state index in [0.717, 1.165) is 17.1 Å². The summed E-state index contributed by atoms with van der Waals surface area (Å²) in [5, 5.41) is 5.50. The maximum absolute atomic E-state index is 13.6. The zero-order valence-corrected chi connectivity index (χ0v) is 16.7. The summed E-state index contributed by atoms with van der Waals surface area (Å²) in [6.07, 6.45) is 1.19. The van der Waals surface area contributed by atoms with Crippen LogP contribution in [0, 0.1) is 12.7 Å². The summed E-state index contributed by atoms with van der Waals surface area (Å²) in [7, 11) is 0. The number of carbonyl (C=O) groups excluding carboxylic acids is 2. The number of fused-ring (bicyclic) bond motifs is 1. The highest BCUT2D eigenvalue weighted by atomic mass is 19.1. The van der Waals surface area contributed by atoms with Gasteiger partial charge in [0, 0.05) is 11.3 Å². The number of imidazole rings is 1. The number of hydrogen-bond acceptors (Lipinski definition) is 3. The van der Waals surface area contributed by atoms with Gasteiger partial charge in [-0.15, -0.1) is 0 Å². The molecule has 0 saturated carbocycles. The molecule has 0 radical (unpaired) electrons. The van der Waals surface area contributed by atoms with Crippen LogP contribution >= 0.6 is 0 Å². The molecular weight excluding hydrogens is 395 g/mol. The third-order valence-electron chi connectivity index (χ3n) is 4.68. The Morgan fingerprint density at radius 1 is 1.03 bits per heavy atom. The van der Waals surface area contributed by atoms with Crippen LogP contribution in [0.15, 0.2) is 79.4 Å². The van der Waals surface area contributed by atoms with Gasteiger partial charge in [-0.25, -0.2) is 9.37 Å². The van der Waals surface area contributed by atoms with E-state index >= 15 is 0 Å². The highest BCUT2D eigenvalue weighted by Crippen LogP contribution is 2.27. The minimum Gasteiger partial charge on any atom is -0.322 e. The van der Waals surface area contributed by atoms with Crippen molar-refractivity contribution >= 4 is 34.5 Å². The fraction of sp³-hybridized carbons (Fsp3) is 0.0417. The summed E-state index contributed by atoms with van der Waals surface area (Å²) < 4.78 is 15.3. The summed E-state index contributed by atoms with van der Waals surface area (Å²) in [5.41, 5.74) is 3.91. The Hall–Kier alpha value is -4.26. The van der Waals surface area contributed by atoms with Gasteiger partial charge in [-0.3, -0.25) is 19.5 Å². The molecule has 1 aromatic heterocycles. The number of nitrogens with zero attached hydrogens (tertiary/aromatic N) is 2. The first-order valence-electron chi connectivity index (χ1n) is 9.54. The average Bonchev–Trinajstić information content (AvgIpc) is 3.10. The Kier molecular flexibility index (Phi) is 5.32. The maximum atomic E-state index is 13.6. The molecule has 0 aliphatic rings. The van der Waals surface area contributed by atoms with Crippen molar-refractivity contribution in [2.45, 2.75) is 6.92 Å². The average molecular weight is 414 g/mol. The lowest BCUT2D eigenvalue weighted by atomic mass is 10.2. The molecule has 4 rings (SSSR count). The molecule has 0 fully saturated rings. The number of rotatable bonds is 5. The van der Waals surface area contributed by atoms with Gasteiger partial charge in [-0.2, -0.15) is 0 Å². The molecule has 31 heavy (non-hydrogen) atoms. The first kappa shape index (κ1) is 20.0. The lowest BCUT2D eigenvalue weighted by Crippen LogP contribution is -2.16. The lowest BCUT2D eigenvalue weighted by Gasteiger charge is -2.12. The van der Waals surface area contributed by atoms with Crippen molar-refractivity contribution < 1.29 is 14.0 Å². The Morgan fingerprint density at radius 2 is 1.84 bits per heavy atom. The molecule has 2 N–H and O–H groups in total. The number of halogens is 1. The summed E-state index contributed by atoms with van der Waals surface area (Å²) in [4.78, 5) is 29.0. The van der Waals surface area contributed by atoms with Crippen molar-refractivity contribution in [2.24, 2.45) is 0 Å². The van der Waals surface area contributed by atoms with E-state index in [0.29, 0.717) is 16.9 Å². The van der Waals surface area contributed by atoms with E-state index in [9.17, 15) is 14.0 Å². The molecule has 0 aliphatic heterocycles. The van der Waals surface area contributed by atoms with E-state index in [1.54, 1.807) is 22.8 Å². The van der Waals surface area contributed by atoms with Crippen LogP contribution in [0.2, 0.25) is 0 Å². The quantitative estimate of drug-likeness (QED) is 0.459. The van der Waals surface area contributed by atoms with Crippen LogP contribution < -0.4 is 10.6 Å². The van der Waals surface area contributed by atoms with Gasteiger partial charge in [-0.05, 0) is 67.1 Å². The van der Waals surface area contributed by atoms with Gasteiger partial charge in [0.1, 0.15) is 5.82 Å². The zero-order chi connectivity index (χ0) is 22.0. The summed E-state index contributed by atoms with van der Waals surface area (Å²) in [6.45, 7) is 5.41. The summed E-state index contributed by atoms with van der Waals surface area (Å²) in [5.74, 6) is -1.03. The fourth-order valence-corrected chi connectivity index (χ4v) is 3.25. The smallest absolute Gasteiger partial charge is 0.258 e. The second-order valence-corrected chi connectivity index (χ2v) is 6.97. The topological polar surface area (TPSA) is 76.0 Å². The van der Waals surface area contributed by atoms with Crippen molar-refractivity contribution in [3.63, 3.8) is 0 Å². The molecule has 1 heterocycles. The highest BCUT2D eigenvalue weighted by Gasteiger charge is 2.17. The summed E-state index contributed by atoms with van der Waals surface area (Å²) >= 11 is 0. The minimum absolute atomic E-state index is 0.182. The lowest BCUT2D eigenvalue weighted by molar-refractivity contribution is -0.111. The van der Waals surface area contributed by atoms with Gasteiger partial charge in [0.25, 0.3) is 5.91 Å². The van der Waals surface area contributed by atoms with Crippen molar-refractivity contribution in [2.75, 3.05) is 10.6 Å². The second-order valence-electron chi connectivity index (χ2n) is 6.97. The van der Waals surface area contributed by atoms with E-state index in [4.69, 9.17) is 0 Å². The van der Waals surface area contributed by atoms with Crippen molar-refractivity contribution in [1.29, 1.82) is 0 Å². The van der Waals surface area contributed by atoms with Gasteiger partial charge in [0.05, 0.1) is 16.7 Å². The predicted octanol–water partition coefficient (Wildman–Crippen LogP) is 4.85. The summed E-state index contributed by atoms with van der Waals surface area (Å²) in [6, 6.07) is 18.3. The van der Waals surface area contributed by atoms with Crippen LogP contribution in [-0.4, -0.2) is 21.4 Å². The molecule has 0 atom stereocenters. The maximum Gasteiger partial charge on any atom is 0.258 e. The number of benzene rings is 3. The molecular formula is C24H19FN4O2. The van der Waals surface area contributed by atoms with Crippen LogP contribution in [0.3, 0.4) is 0 Å². The molecule has 0 saturated heterocycles. The van der Waals surface area contributed by atoms with Crippen LogP contribution in [0.1, 0.15) is 15.9 Å². The van der Waals surface area contributed by atoms with Gasteiger partial charge < -0.3 is 5.32 Å². The largest absolute Gasteiger partial charge is 0.322 e. The first-order chi connectivity index (χ1) is 14.9. The van der Waals surface area contributed by atoms with Gasteiger partial charge >= 0.3 is 0 Å². The third kappa shape index (κ3) is 4.20. The van der Waals surface area contributed by atoms with Crippen molar-refractivity contribution in [1.82, 2.24) is 9.55 Å². The molecule has 7 heteroatoms. The zero-order valence-electron chi connectivity index (χ0n) is 16.7. The normalized spacial score (nSPS) is 10.6. The predicted molar refractivity (Wildman–Crippen MR) is 119 cm³/mol. The van der Waals surface area contributed by atoms with Crippen molar-refractivity contribution in [3.8, 4) is 5.69 Å². The third-order valence-corrected chi connectivity index (χ3v) is 4.68. The van der Waals surface area contributed by atoms with Gasteiger partial charge in [0.2, 0.25) is 11.9 Å². The molecule has 0 spiro atoms. The number of aryl methyl sites for hydroxylation is 1. The number of carbonyl (C=O) groups is 2. The Labute approximate surface area is 178 Å². The van der Waals surface area contributed by atoms with Gasteiger partial charge in [0.15, 0.2) is 0 Å². The second kappa shape index (κ2) is 8.23. The number of amides is 2. The Morgan fingerprint density at radius 3 is 2.61 bits per heavy atom.